The molecule has 0 unspecified atom stereocenters. The summed E-state index contributed by atoms with van der Waals surface area (Å²) in [6.45, 7) is 8.86. The van der Waals surface area contributed by atoms with Gasteiger partial charge in [-0.05, 0) is 26.8 Å². The van der Waals surface area contributed by atoms with Gasteiger partial charge in [-0.1, -0.05) is 23.7 Å². The zero-order chi connectivity index (χ0) is 27.0. The first kappa shape index (κ1) is 26.6. The molecule has 4 heterocycles. The lowest BCUT2D eigenvalue weighted by molar-refractivity contribution is -0.139. The summed E-state index contributed by atoms with van der Waals surface area (Å²) in [6.07, 6.45) is 1.55. The van der Waals surface area contributed by atoms with Gasteiger partial charge in [-0.25, -0.2) is 14.0 Å². The lowest BCUT2D eigenvalue weighted by Crippen LogP contribution is -2.53. The number of hydrogen-bond donors (Lipinski definition) is 1. The van der Waals surface area contributed by atoms with Crippen molar-refractivity contribution in [1.82, 2.24) is 20.0 Å². The second-order valence-corrected chi connectivity index (χ2v) is 10.9. The number of carbonyl (C=O) groups excluding carboxylic acids is 2. The van der Waals surface area contributed by atoms with Crippen molar-refractivity contribution in [3.05, 3.63) is 57.5 Å². The maximum Gasteiger partial charge on any atom is 0.338 e. The molecule has 0 aliphatic carbocycles. The normalized spacial score (nSPS) is 23.4. The van der Waals surface area contributed by atoms with Crippen LogP contribution in [0.15, 0.2) is 45.7 Å². The summed E-state index contributed by atoms with van der Waals surface area (Å²) < 4.78 is 19.9. The fourth-order valence-electron chi connectivity index (χ4n) is 5.13. The number of halogens is 2. The Morgan fingerprint density at radius 1 is 1.34 bits per heavy atom. The molecule has 9 nitrogen and oxygen atoms in total. The number of rotatable bonds is 7. The van der Waals surface area contributed by atoms with Crippen LogP contribution in [-0.2, 0) is 9.53 Å². The lowest BCUT2D eigenvalue weighted by atomic mass is 9.95. The summed E-state index contributed by atoms with van der Waals surface area (Å²) in [7, 11) is 0. The minimum absolute atomic E-state index is 0.0593. The summed E-state index contributed by atoms with van der Waals surface area (Å²) in [5.74, 6) is -0.691. The minimum atomic E-state index is -0.891. The topological polar surface area (TPSA) is 89.8 Å². The minimum Gasteiger partial charge on any atom is -0.463 e. The molecule has 0 aromatic heterocycles. The average molecular weight is 560 g/mol. The third kappa shape index (κ3) is 5.03. The number of carbonyl (C=O) groups is 2. The Labute approximate surface area is 230 Å². The lowest BCUT2D eigenvalue weighted by Gasteiger charge is -2.38. The van der Waals surface area contributed by atoms with E-state index in [1.54, 1.807) is 25.3 Å². The molecule has 4 aliphatic rings. The molecule has 1 aromatic rings. The average Bonchev–Trinajstić information content (AvgIpc) is 3.54. The molecule has 200 valence electrons. The van der Waals surface area contributed by atoms with Crippen LogP contribution in [-0.4, -0.2) is 89.0 Å². The predicted molar refractivity (Wildman–Crippen MR) is 145 cm³/mol. The molecule has 12 heteroatoms. The van der Waals surface area contributed by atoms with E-state index in [1.165, 1.54) is 17.8 Å². The molecule has 1 aromatic carbocycles. The summed E-state index contributed by atoms with van der Waals surface area (Å²) in [6, 6.07) is 3.85. The van der Waals surface area contributed by atoms with Gasteiger partial charge in [-0.15, -0.1) is 0 Å². The number of ether oxygens (including phenoxy) is 1. The van der Waals surface area contributed by atoms with Crippen LogP contribution in [0, 0.1) is 11.2 Å². The highest BCUT2D eigenvalue weighted by atomic mass is 35.5. The quantitative estimate of drug-likeness (QED) is 0.406. The van der Waals surface area contributed by atoms with E-state index in [9.17, 15) is 14.0 Å². The highest BCUT2D eigenvalue weighted by Crippen LogP contribution is 2.37. The van der Waals surface area contributed by atoms with Crippen molar-refractivity contribution in [2.75, 3.05) is 39.3 Å². The van der Waals surface area contributed by atoms with Crippen LogP contribution in [0.5, 0.6) is 0 Å². The van der Waals surface area contributed by atoms with Gasteiger partial charge in [0.25, 0.3) is 6.20 Å². The number of esters is 1. The molecule has 0 bridgehead atoms. The van der Waals surface area contributed by atoms with E-state index < -0.39 is 17.8 Å². The molecule has 1 N–H and O–H groups in total. The Morgan fingerprint density at radius 3 is 2.87 bits per heavy atom. The first-order valence-corrected chi connectivity index (χ1v) is 13.8. The van der Waals surface area contributed by atoms with Gasteiger partial charge in [-0.2, -0.15) is 4.99 Å². The standard InChI is InChI=1S/C26H28ClFN6O3S/c1-4-37-25(35)20-19(14-32-9-10-33-16(12-32)13-34(15(2)3)26(33)36)30-23(24-29-8-11-38-24)31-22(20)17-6-5-7-18(28)21(17)27/h5-8,15-16,22H,4,9-10,12-14H2,1-3H3/p+1/t16-,22+/m1/s1. The second kappa shape index (κ2) is 11.0. The van der Waals surface area contributed by atoms with Crippen LogP contribution in [0.3, 0.4) is 0 Å². The Morgan fingerprint density at radius 2 is 2.16 bits per heavy atom. The smallest absolute Gasteiger partial charge is 0.338 e. The van der Waals surface area contributed by atoms with Crippen LogP contribution in [0.25, 0.3) is 0 Å². The number of nitrogens with one attached hydrogen (secondary N) is 1. The largest absolute Gasteiger partial charge is 0.463 e. The molecular weight excluding hydrogens is 531 g/mol. The van der Waals surface area contributed by atoms with Gasteiger partial charge in [0.05, 0.1) is 23.2 Å². The highest BCUT2D eigenvalue weighted by Gasteiger charge is 2.43. The molecule has 2 saturated heterocycles. The SMILES string of the molecule is CCOC(=O)C1=C(CN2CCN3C(=O)N(C(C)C)C[C@H]3C2)NC(C2=NC=[C+]S2)=N[C@H]1c1cccc(F)c1Cl. The van der Waals surface area contributed by atoms with Crippen LogP contribution in [0.2, 0.25) is 5.02 Å². The van der Waals surface area contributed by atoms with E-state index in [2.05, 4.69) is 20.6 Å². The van der Waals surface area contributed by atoms with Crippen molar-refractivity contribution >= 4 is 46.2 Å². The van der Waals surface area contributed by atoms with Gasteiger partial charge in [-0.3, -0.25) is 9.89 Å². The van der Waals surface area contributed by atoms with E-state index in [1.807, 2.05) is 23.6 Å². The maximum absolute atomic E-state index is 14.5. The number of hydrogen-bond acceptors (Lipinski definition) is 8. The van der Waals surface area contributed by atoms with Gasteiger partial charge in [0.15, 0.2) is 5.84 Å². The van der Waals surface area contributed by atoms with E-state index in [0.29, 0.717) is 54.9 Å². The van der Waals surface area contributed by atoms with E-state index >= 15 is 0 Å². The predicted octanol–water partition coefficient (Wildman–Crippen LogP) is 3.59. The van der Waals surface area contributed by atoms with Gasteiger partial charge in [0.1, 0.15) is 11.9 Å². The number of thioether (sulfide) groups is 1. The van der Waals surface area contributed by atoms with Gasteiger partial charge >= 0.3 is 17.4 Å². The van der Waals surface area contributed by atoms with Gasteiger partial charge in [0, 0.05) is 50.0 Å². The molecule has 0 radical (unpaired) electrons. The van der Waals surface area contributed by atoms with Gasteiger partial charge < -0.3 is 19.9 Å². The molecule has 0 saturated carbocycles. The number of benzene rings is 1. The molecule has 4 aliphatic heterocycles. The fraction of sp³-hybridized carbons (Fsp3) is 0.462. The van der Waals surface area contributed by atoms with Crippen molar-refractivity contribution < 1.29 is 18.7 Å². The first-order chi connectivity index (χ1) is 18.3. The number of urea groups is 1. The number of amidine groups is 1. The molecule has 38 heavy (non-hydrogen) atoms. The number of aliphatic imine (C=N–C) groups is 2. The Hall–Kier alpha value is -2.98. The molecule has 5 rings (SSSR count). The van der Waals surface area contributed by atoms with Gasteiger partial charge in [0.2, 0.25) is 16.8 Å². The Balaban J connectivity index is 1.50. The molecule has 2 fully saturated rings. The van der Waals surface area contributed by atoms with E-state index in [0.717, 1.165) is 0 Å². The van der Waals surface area contributed by atoms with Crippen molar-refractivity contribution in [2.24, 2.45) is 9.98 Å². The van der Waals surface area contributed by atoms with Crippen LogP contribution in [0.1, 0.15) is 32.4 Å². The van der Waals surface area contributed by atoms with Crippen LogP contribution in [0.4, 0.5) is 9.18 Å². The van der Waals surface area contributed by atoms with E-state index in [-0.39, 0.29) is 35.3 Å². The van der Waals surface area contributed by atoms with E-state index in [4.69, 9.17) is 21.3 Å². The van der Waals surface area contributed by atoms with Crippen molar-refractivity contribution in [1.29, 1.82) is 0 Å². The number of nitrogens with zero attached hydrogens (tertiary/aromatic N) is 5. The Bertz CT molecular complexity index is 1270. The van der Waals surface area contributed by atoms with Crippen LogP contribution < -0.4 is 5.32 Å². The van der Waals surface area contributed by atoms with Crippen molar-refractivity contribution in [3.8, 4) is 0 Å². The number of fused-ring (bicyclic) bond motifs is 1. The first-order valence-electron chi connectivity index (χ1n) is 12.6. The monoisotopic (exact) mass is 559 g/mol. The third-order valence-electron chi connectivity index (χ3n) is 6.96. The summed E-state index contributed by atoms with van der Waals surface area (Å²) in [5, 5.41) is 6.76. The number of amides is 2. The molecule has 2 amide bonds. The zero-order valence-electron chi connectivity index (χ0n) is 21.4. The molecular formula is C26H29ClFN6O3S+. The molecule has 2 atom stereocenters. The maximum atomic E-state index is 14.5. The van der Waals surface area contributed by atoms with Crippen LogP contribution >= 0.6 is 23.4 Å². The zero-order valence-corrected chi connectivity index (χ0v) is 23.0. The summed E-state index contributed by atoms with van der Waals surface area (Å²) >= 11 is 7.67. The summed E-state index contributed by atoms with van der Waals surface area (Å²) in [5.41, 5.74) is 1.23. The Kier molecular flexibility index (Phi) is 7.72. The second-order valence-electron chi connectivity index (χ2n) is 9.66. The van der Waals surface area contributed by atoms with Crippen molar-refractivity contribution in [2.45, 2.75) is 38.9 Å². The highest BCUT2D eigenvalue weighted by molar-refractivity contribution is 8.17. The summed E-state index contributed by atoms with van der Waals surface area (Å²) in [4.78, 5) is 41.3. The third-order valence-corrected chi connectivity index (χ3v) is 8.08. The molecule has 0 spiro atoms. The van der Waals surface area contributed by atoms with Crippen molar-refractivity contribution in [3.63, 3.8) is 0 Å². The fourth-order valence-corrected chi connectivity index (χ4v) is 5.89. The number of piperazine rings is 1.